The van der Waals surface area contributed by atoms with Gasteiger partial charge in [-0.15, -0.1) is 0 Å². The maximum atomic E-state index is 13.4. The van der Waals surface area contributed by atoms with Crippen LogP contribution in [-0.2, 0) is 0 Å². The summed E-state index contributed by atoms with van der Waals surface area (Å²) >= 11 is 6.42. The van der Waals surface area contributed by atoms with Crippen LogP contribution in [-0.4, -0.2) is 45.0 Å². The third kappa shape index (κ3) is 4.04. The smallest absolute Gasteiger partial charge is 0.255 e. The predicted molar refractivity (Wildman–Crippen MR) is 127 cm³/mol. The topological polar surface area (TPSA) is 77.5 Å². The molecule has 170 valence electrons. The molecular formula is C25H27ClN6O. The van der Waals surface area contributed by atoms with Crippen LogP contribution in [0.5, 0.6) is 0 Å². The fourth-order valence-electron chi connectivity index (χ4n) is 4.99. The van der Waals surface area contributed by atoms with Gasteiger partial charge in [0.1, 0.15) is 5.82 Å². The van der Waals surface area contributed by atoms with Gasteiger partial charge in [-0.25, -0.2) is 9.50 Å². The lowest BCUT2D eigenvalue weighted by molar-refractivity contribution is 0.0606. The molecule has 0 radical (unpaired) electrons. The van der Waals surface area contributed by atoms with Crippen molar-refractivity contribution in [3.05, 3.63) is 57.9 Å². The second-order valence-electron chi connectivity index (χ2n) is 9.17. The number of rotatable bonds is 3. The Morgan fingerprint density at radius 1 is 1.18 bits per heavy atom. The summed E-state index contributed by atoms with van der Waals surface area (Å²) in [5.74, 6) is 0.916. The first-order chi connectivity index (χ1) is 15.9. The Labute approximate surface area is 198 Å². The highest BCUT2D eigenvalue weighted by atomic mass is 35.5. The average molecular weight is 463 g/mol. The lowest BCUT2D eigenvalue weighted by Gasteiger charge is -2.35. The minimum Gasteiger partial charge on any atom is -0.355 e. The molecule has 1 amide bonds. The van der Waals surface area contributed by atoms with Crippen molar-refractivity contribution >= 4 is 29.0 Å². The number of aromatic nitrogens is 3. The lowest BCUT2D eigenvalue weighted by atomic mass is 9.98. The first-order valence-corrected chi connectivity index (χ1v) is 11.9. The van der Waals surface area contributed by atoms with Gasteiger partial charge >= 0.3 is 0 Å². The summed E-state index contributed by atoms with van der Waals surface area (Å²) in [5, 5.41) is 14.6. The molecule has 0 N–H and O–H groups in total. The van der Waals surface area contributed by atoms with E-state index >= 15 is 0 Å². The number of fused-ring (bicyclic) bond motifs is 1. The Hall–Kier alpha value is -3.11. The van der Waals surface area contributed by atoms with Gasteiger partial charge in [0, 0.05) is 37.5 Å². The molecule has 2 aliphatic rings. The van der Waals surface area contributed by atoms with Crippen LogP contribution in [0, 0.1) is 31.1 Å². The third-order valence-corrected chi connectivity index (χ3v) is 7.07. The molecule has 2 fully saturated rings. The Morgan fingerprint density at radius 2 is 2.03 bits per heavy atom. The second-order valence-corrected chi connectivity index (χ2v) is 9.58. The standard InChI is InChI=1S/C25H27ClN6O/c1-16-6-7-19(20(26)11-16)25(33)31-9-4-3-5-22(31)21-12-23-28-24(17(2)14-32(23)29-21)30-10-8-18(13-27)15-30/h6-7,11-12,14,18,22H,3-5,8-10,15H2,1-2H3/t18-,22+/m1/s1. The SMILES string of the molecule is Cc1ccc(C(=O)N2CCCC[C@H]2c2cc3nc(N4CC[C@H](C#N)C4)c(C)cn3n2)c(Cl)c1. The minimum absolute atomic E-state index is 0.0498. The minimum atomic E-state index is -0.108. The quantitative estimate of drug-likeness (QED) is 0.563. The molecule has 0 aliphatic carbocycles. The van der Waals surface area contributed by atoms with E-state index in [2.05, 4.69) is 11.0 Å². The van der Waals surface area contributed by atoms with Crippen molar-refractivity contribution in [3.63, 3.8) is 0 Å². The van der Waals surface area contributed by atoms with Gasteiger partial charge in [-0.05, 0) is 57.2 Å². The zero-order chi connectivity index (χ0) is 23.1. The number of hydrogen-bond acceptors (Lipinski definition) is 5. The number of piperidine rings is 1. The lowest BCUT2D eigenvalue weighted by Crippen LogP contribution is -2.38. The number of benzene rings is 1. The van der Waals surface area contributed by atoms with Crippen molar-refractivity contribution < 1.29 is 4.79 Å². The van der Waals surface area contributed by atoms with E-state index in [1.54, 1.807) is 0 Å². The maximum Gasteiger partial charge on any atom is 0.255 e. The highest BCUT2D eigenvalue weighted by Crippen LogP contribution is 2.34. The number of carbonyl (C=O) groups is 1. The van der Waals surface area contributed by atoms with Gasteiger partial charge in [-0.1, -0.05) is 17.7 Å². The largest absolute Gasteiger partial charge is 0.355 e. The summed E-state index contributed by atoms with van der Waals surface area (Å²) in [5.41, 5.74) is 4.21. The molecule has 1 aromatic carbocycles. The Morgan fingerprint density at radius 3 is 2.79 bits per heavy atom. The van der Waals surface area contributed by atoms with E-state index in [9.17, 15) is 10.1 Å². The molecule has 0 bridgehead atoms. The molecule has 2 atom stereocenters. The number of amides is 1. The fraction of sp³-hybridized carbons (Fsp3) is 0.440. The van der Waals surface area contributed by atoms with Crippen LogP contribution >= 0.6 is 11.6 Å². The zero-order valence-electron chi connectivity index (χ0n) is 19.0. The normalized spacial score (nSPS) is 20.9. The molecule has 3 aromatic rings. The maximum absolute atomic E-state index is 13.4. The predicted octanol–water partition coefficient (Wildman–Crippen LogP) is 4.72. The molecule has 2 aliphatic heterocycles. The molecule has 0 spiro atoms. The molecule has 33 heavy (non-hydrogen) atoms. The highest BCUT2D eigenvalue weighted by molar-refractivity contribution is 6.33. The number of aryl methyl sites for hydroxylation is 2. The molecular weight excluding hydrogens is 436 g/mol. The summed E-state index contributed by atoms with van der Waals surface area (Å²) in [7, 11) is 0. The third-order valence-electron chi connectivity index (χ3n) is 6.75. The Balaban J connectivity index is 1.46. The second kappa shape index (κ2) is 8.68. The Kier molecular flexibility index (Phi) is 5.71. The van der Waals surface area contributed by atoms with Crippen molar-refractivity contribution in [2.45, 2.75) is 45.6 Å². The van der Waals surface area contributed by atoms with E-state index in [0.29, 0.717) is 23.7 Å². The first-order valence-electron chi connectivity index (χ1n) is 11.5. The van der Waals surface area contributed by atoms with E-state index < -0.39 is 0 Å². The summed E-state index contributed by atoms with van der Waals surface area (Å²) in [6.07, 6.45) is 5.74. The number of nitrogens with zero attached hydrogens (tertiary/aromatic N) is 6. The van der Waals surface area contributed by atoms with Crippen LogP contribution in [0.2, 0.25) is 5.02 Å². The molecule has 5 rings (SSSR count). The number of hydrogen-bond donors (Lipinski definition) is 0. The molecule has 2 aromatic heterocycles. The molecule has 4 heterocycles. The van der Waals surface area contributed by atoms with Gasteiger partial charge in [-0.2, -0.15) is 10.4 Å². The van der Waals surface area contributed by atoms with Gasteiger partial charge in [0.25, 0.3) is 5.91 Å². The van der Waals surface area contributed by atoms with Crippen LogP contribution in [0.15, 0.2) is 30.5 Å². The van der Waals surface area contributed by atoms with Crippen molar-refractivity contribution in [2.24, 2.45) is 5.92 Å². The monoisotopic (exact) mass is 462 g/mol. The van der Waals surface area contributed by atoms with Crippen LogP contribution in [0.4, 0.5) is 5.82 Å². The average Bonchev–Trinajstić information content (AvgIpc) is 3.44. The molecule has 8 heteroatoms. The van der Waals surface area contributed by atoms with E-state index in [1.165, 1.54) is 0 Å². The fourth-order valence-corrected chi connectivity index (χ4v) is 5.31. The van der Waals surface area contributed by atoms with E-state index in [-0.39, 0.29) is 17.9 Å². The van der Waals surface area contributed by atoms with Gasteiger partial charge < -0.3 is 9.80 Å². The summed E-state index contributed by atoms with van der Waals surface area (Å²) in [6, 6.07) is 9.83. The summed E-state index contributed by atoms with van der Waals surface area (Å²) in [4.78, 5) is 22.4. The van der Waals surface area contributed by atoms with Crippen molar-refractivity contribution in [1.29, 1.82) is 5.26 Å². The van der Waals surface area contributed by atoms with Gasteiger partial charge in [0.15, 0.2) is 5.65 Å². The zero-order valence-corrected chi connectivity index (χ0v) is 19.7. The van der Waals surface area contributed by atoms with Gasteiger partial charge in [0.2, 0.25) is 0 Å². The van der Waals surface area contributed by atoms with Crippen LogP contribution in [0.3, 0.4) is 0 Å². The number of carbonyl (C=O) groups excluding carboxylic acids is 1. The van der Waals surface area contributed by atoms with Gasteiger partial charge in [0.05, 0.1) is 34.3 Å². The van der Waals surface area contributed by atoms with Crippen LogP contribution < -0.4 is 4.90 Å². The van der Waals surface area contributed by atoms with Crippen molar-refractivity contribution in [3.8, 4) is 6.07 Å². The molecule has 0 unspecified atom stereocenters. The highest BCUT2D eigenvalue weighted by Gasteiger charge is 2.32. The van der Waals surface area contributed by atoms with E-state index in [1.807, 2.05) is 53.7 Å². The molecule has 2 saturated heterocycles. The van der Waals surface area contributed by atoms with Crippen molar-refractivity contribution in [1.82, 2.24) is 19.5 Å². The van der Waals surface area contributed by atoms with Crippen LogP contribution in [0.25, 0.3) is 5.65 Å². The molecule has 7 nitrogen and oxygen atoms in total. The Bertz CT molecular complexity index is 1260. The number of likely N-dealkylation sites (tertiary alicyclic amines) is 1. The van der Waals surface area contributed by atoms with Gasteiger partial charge in [-0.3, -0.25) is 4.79 Å². The van der Waals surface area contributed by atoms with E-state index in [0.717, 1.165) is 60.5 Å². The summed E-state index contributed by atoms with van der Waals surface area (Å²) < 4.78 is 1.81. The van der Waals surface area contributed by atoms with Crippen LogP contribution in [0.1, 0.15) is 58.9 Å². The summed E-state index contributed by atoms with van der Waals surface area (Å²) in [6.45, 7) is 6.22. The number of halogens is 1. The van der Waals surface area contributed by atoms with E-state index in [4.69, 9.17) is 21.7 Å². The molecule has 0 saturated carbocycles. The van der Waals surface area contributed by atoms with Crippen molar-refractivity contribution in [2.75, 3.05) is 24.5 Å². The number of nitriles is 1. The first kappa shape index (κ1) is 21.7. The number of anilines is 1.